The van der Waals surface area contributed by atoms with Gasteiger partial charge in [-0.1, -0.05) is 65.1 Å². The molecule has 3 heterocycles. The van der Waals surface area contributed by atoms with Crippen LogP contribution in [0.5, 0.6) is 5.75 Å². The van der Waals surface area contributed by atoms with E-state index >= 15 is 0 Å². The number of H-pyrrole nitrogens is 1. The Bertz CT molecular complexity index is 1800. The summed E-state index contributed by atoms with van der Waals surface area (Å²) in [5, 5.41) is 2.08. The highest BCUT2D eigenvalue weighted by molar-refractivity contribution is 8.00. The minimum Gasteiger partial charge on any atom is -0.483 e. The van der Waals surface area contributed by atoms with E-state index in [2.05, 4.69) is 10.3 Å². The Balaban J connectivity index is 1.30. The third-order valence-electron chi connectivity index (χ3n) is 7.20. The molecular formula is C30H22F3N3O5S2. The summed E-state index contributed by atoms with van der Waals surface area (Å²) in [6.45, 7) is 1.36. The molecule has 3 amide bonds. The second-order valence-corrected chi connectivity index (χ2v) is 12.2. The normalized spacial score (nSPS) is 19.6. The molecule has 3 atom stereocenters. The van der Waals surface area contributed by atoms with E-state index in [1.165, 1.54) is 17.0 Å². The molecule has 2 aliphatic heterocycles. The minimum absolute atomic E-state index is 0.0446. The van der Waals surface area contributed by atoms with Gasteiger partial charge in [-0.25, -0.2) is 4.90 Å². The number of rotatable bonds is 6. The zero-order valence-corrected chi connectivity index (χ0v) is 23.9. The van der Waals surface area contributed by atoms with Crippen molar-refractivity contribution >= 4 is 52.2 Å². The van der Waals surface area contributed by atoms with Gasteiger partial charge in [0, 0.05) is 22.0 Å². The lowest BCUT2D eigenvalue weighted by molar-refractivity contribution is -0.137. The van der Waals surface area contributed by atoms with Crippen molar-refractivity contribution in [1.82, 2.24) is 4.98 Å². The number of hydrogen-bond acceptors (Lipinski definition) is 7. The Labute approximate surface area is 250 Å². The van der Waals surface area contributed by atoms with Gasteiger partial charge in [-0.15, -0.1) is 0 Å². The van der Waals surface area contributed by atoms with Crippen molar-refractivity contribution in [2.75, 3.05) is 16.8 Å². The molecule has 1 fully saturated rings. The summed E-state index contributed by atoms with van der Waals surface area (Å²) in [6.07, 6.45) is -4.57. The summed E-state index contributed by atoms with van der Waals surface area (Å²) in [4.78, 5) is 56.8. The number of aromatic amines is 1. The molecule has 2 N–H and O–H groups in total. The van der Waals surface area contributed by atoms with Crippen molar-refractivity contribution in [1.29, 1.82) is 0 Å². The van der Waals surface area contributed by atoms with Gasteiger partial charge in [0.25, 0.3) is 5.91 Å². The lowest BCUT2D eigenvalue weighted by atomic mass is 9.82. The number of nitrogens with zero attached hydrogens (tertiary/aromatic N) is 1. The van der Waals surface area contributed by atoms with Crippen molar-refractivity contribution in [3.05, 3.63) is 104 Å². The number of thiazole rings is 1. The Kier molecular flexibility index (Phi) is 7.38. The number of benzene rings is 3. The average Bonchev–Trinajstić information content (AvgIpc) is 3.46. The molecule has 4 aromatic rings. The molecule has 43 heavy (non-hydrogen) atoms. The van der Waals surface area contributed by atoms with E-state index in [9.17, 15) is 32.3 Å². The fourth-order valence-corrected chi connectivity index (χ4v) is 7.79. The van der Waals surface area contributed by atoms with Crippen LogP contribution in [0.2, 0.25) is 0 Å². The third-order valence-corrected chi connectivity index (χ3v) is 9.60. The molecule has 1 saturated heterocycles. The first kappa shape index (κ1) is 28.7. The first-order chi connectivity index (χ1) is 20.5. The number of carbonyl (C=O) groups excluding carboxylic acids is 3. The summed E-state index contributed by atoms with van der Waals surface area (Å²) in [6, 6.07) is 18.0. The fraction of sp³-hybridized carbons (Fsp3) is 0.200. The van der Waals surface area contributed by atoms with Crippen LogP contribution in [0.4, 0.5) is 24.5 Å². The molecule has 0 radical (unpaired) electrons. The first-order valence-electron chi connectivity index (χ1n) is 13.0. The van der Waals surface area contributed by atoms with Gasteiger partial charge in [0.1, 0.15) is 11.0 Å². The van der Waals surface area contributed by atoms with Gasteiger partial charge in [0.15, 0.2) is 6.61 Å². The summed E-state index contributed by atoms with van der Waals surface area (Å²) >= 11 is 2.09. The van der Waals surface area contributed by atoms with Crippen LogP contribution >= 0.6 is 23.1 Å². The van der Waals surface area contributed by atoms with Crippen LogP contribution in [0.3, 0.4) is 0 Å². The van der Waals surface area contributed by atoms with Crippen LogP contribution in [0.25, 0.3) is 0 Å². The summed E-state index contributed by atoms with van der Waals surface area (Å²) < 4.78 is 45.1. The van der Waals surface area contributed by atoms with E-state index < -0.39 is 53.2 Å². The number of aryl methyl sites for hydroxylation is 1. The molecule has 6 rings (SSSR count). The van der Waals surface area contributed by atoms with Crippen LogP contribution < -0.4 is 19.8 Å². The van der Waals surface area contributed by atoms with E-state index in [-0.39, 0.29) is 16.3 Å². The van der Waals surface area contributed by atoms with Crippen LogP contribution in [-0.4, -0.2) is 34.6 Å². The van der Waals surface area contributed by atoms with E-state index in [1.54, 1.807) is 36.4 Å². The summed E-state index contributed by atoms with van der Waals surface area (Å²) in [7, 11) is 0. The number of halogens is 3. The highest BCUT2D eigenvalue weighted by Crippen LogP contribution is 2.54. The molecule has 3 aromatic carbocycles. The van der Waals surface area contributed by atoms with Gasteiger partial charge in [0.05, 0.1) is 22.2 Å². The maximum absolute atomic E-state index is 13.9. The number of anilines is 2. The SMILES string of the molecule is Cc1ccc(N2C(=O)C3Sc4[nH]c(=O)sc4C(c4ccccc4OCC(=O)Nc4cccc(C(F)(F)F)c4)C3C2=O)cc1. The highest BCUT2D eigenvalue weighted by atomic mass is 32.2. The molecule has 13 heteroatoms. The number of hydrogen-bond donors (Lipinski definition) is 2. The van der Waals surface area contributed by atoms with E-state index in [4.69, 9.17) is 4.74 Å². The van der Waals surface area contributed by atoms with Gasteiger partial charge in [-0.2, -0.15) is 13.2 Å². The average molecular weight is 626 g/mol. The Hall–Kier alpha value is -4.36. The lowest BCUT2D eigenvalue weighted by Gasteiger charge is -2.30. The molecule has 1 aromatic heterocycles. The van der Waals surface area contributed by atoms with Crippen molar-refractivity contribution in [2.24, 2.45) is 5.92 Å². The second-order valence-electron chi connectivity index (χ2n) is 10.1. The second kappa shape index (κ2) is 11.0. The standard InChI is InChI=1S/C30H22F3N3O5S2/c1-15-9-11-18(12-10-15)36-27(38)23-22(24-26(35-29(40)43-24)42-25(23)28(36)39)19-7-2-3-8-20(19)41-14-21(37)34-17-6-4-5-16(13-17)30(31,32)33/h2-13,22-23,25H,14H2,1H3,(H,34,37)(H,35,40). The smallest absolute Gasteiger partial charge is 0.416 e. The van der Waals surface area contributed by atoms with Crippen LogP contribution in [0.1, 0.15) is 27.5 Å². The topological polar surface area (TPSA) is 109 Å². The number of aromatic nitrogens is 1. The van der Waals surface area contributed by atoms with Crippen LogP contribution in [0.15, 0.2) is 82.6 Å². The van der Waals surface area contributed by atoms with Crippen LogP contribution in [-0.2, 0) is 20.6 Å². The molecule has 3 unspecified atom stereocenters. The number of ether oxygens (including phenoxy) is 1. The highest BCUT2D eigenvalue weighted by Gasteiger charge is 2.56. The molecule has 0 bridgehead atoms. The van der Waals surface area contributed by atoms with Crippen molar-refractivity contribution in [3.8, 4) is 5.75 Å². The van der Waals surface area contributed by atoms with Crippen molar-refractivity contribution < 1.29 is 32.3 Å². The van der Waals surface area contributed by atoms with E-state index in [0.29, 0.717) is 21.2 Å². The number of imide groups is 1. The largest absolute Gasteiger partial charge is 0.483 e. The van der Waals surface area contributed by atoms with Gasteiger partial charge < -0.3 is 15.0 Å². The maximum Gasteiger partial charge on any atom is 0.416 e. The fourth-order valence-electron chi connectivity index (χ4n) is 5.28. The van der Waals surface area contributed by atoms with Crippen molar-refractivity contribution in [3.63, 3.8) is 0 Å². The molecule has 8 nitrogen and oxygen atoms in total. The number of carbonyl (C=O) groups is 3. The molecule has 0 aliphatic carbocycles. The Morgan fingerprint density at radius 1 is 1.00 bits per heavy atom. The van der Waals surface area contributed by atoms with Crippen LogP contribution in [0, 0.1) is 12.8 Å². The molecule has 0 saturated carbocycles. The van der Waals surface area contributed by atoms with Crippen molar-refractivity contribution in [2.45, 2.75) is 29.3 Å². The third kappa shape index (κ3) is 5.45. The van der Waals surface area contributed by atoms with Gasteiger partial charge in [-0.05, 0) is 43.3 Å². The minimum atomic E-state index is -4.57. The first-order valence-corrected chi connectivity index (χ1v) is 14.7. The number of alkyl halides is 3. The number of nitrogens with one attached hydrogen (secondary N) is 2. The zero-order chi connectivity index (χ0) is 30.5. The quantitative estimate of drug-likeness (QED) is 0.271. The Morgan fingerprint density at radius 3 is 2.49 bits per heavy atom. The number of thioether (sulfide) groups is 1. The zero-order valence-electron chi connectivity index (χ0n) is 22.3. The maximum atomic E-state index is 13.9. The summed E-state index contributed by atoms with van der Waals surface area (Å²) in [5.41, 5.74) is 0.959. The van der Waals surface area contributed by atoms with Gasteiger partial charge in [-0.3, -0.25) is 19.2 Å². The van der Waals surface area contributed by atoms with Gasteiger partial charge in [0.2, 0.25) is 11.8 Å². The summed E-state index contributed by atoms with van der Waals surface area (Å²) in [5.74, 6) is -2.87. The van der Waals surface area contributed by atoms with Gasteiger partial charge >= 0.3 is 11.0 Å². The van der Waals surface area contributed by atoms with E-state index in [1.807, 2.05) is 19.1 Å². The number of fused-ring (bicyclic) bond motifs is 2. The number of amides is 3. The molecule has 2 aliphatic rings. The Morgan fingerprint density at radius 2 is 1.74 bits per heavy atom. The molecule has 220 valence electrons. The van der Waals surface area contributed by atoms with E-state index in [0.717, 1.165) is 40.8 Å². The predicted molar refractivity (Wildman–Crippen MR) is 156 cm³/mol. The molecular weight excluding hydrogens is 603 g/mol. The lowest BCUT2D eigenvalue weighted by Crippen LogP contribution is -2.32. The molecule has 0 spiro atoms. The predicted octanol–water partition coefficient (Wildman–Crippen LogP) is 5.58. The monoisotopic (exact) mass is 625 g/mol. The number of para-hydroxylation sites is 1.